The molecular formula is C15H17F2NOS. The molecule has 0 aliphatic rings. The number of thiophene rings is 1. The summed E-state index contributed by atoms with van der Waals surface area (Å²) in [6, 6.07) is 7.18. The molecule has 0 fully saturated rings. The molecule has 0 unspecified atom stereocenters. The van der Waals surface area contributed by atoms with Crippen molar-refractivity contribution in [2.75, 3.05) is 6.54 Å². The van der Waals surface area contributed by atoms with Crippen molar-refractivity contribution in [1.29, 1.82) is 0 Å². The van der Waals surface area contributed by atoms with Gasteiger partial charge in [-0.15, -0.1) is 11.3 Å². The van der Waals surface area contributed by atoms with Crippen LogP contribution in [0, 0.1) is 11.6 Å². The van der Waals surface area contributed by atoms with E-state index in [2.05, 4.69) is 12.2 Å². The van der Waals surface area contributed by atoms with E-state index >= 15 is 0 Å². The van der Waals surface area contributed by atoms with E-state index in [0.717, 1.165) is 42.6 Å². The second kappa shape index (κ2) is 7.36. The van der Waals surface area contributed by atoms with Crippen molar-refractivity contribution in [2.24, 2.45) is 0 Å². The van der Waals surface area contributed by atoms with Crippen molar-refractivity contribution in [3.63, 3.8) is 0 Å². The Morgan fingerprint density at radius 1 is 1.15 bits per heavy atom. The topological polar surface area (TPSA) is 21.3 Å². The van der Waals surface area contributed by atoms with Gasteiger partial charge >= 0.3 is 0 Å². The van der Waals surface area contributed by atoms with E-state index in [9.17, 15) is 8.78 Å². The summed E-state index contributed by atoms with van der Waals surface area (Å²) in [6.45, 7) is 4.18. The van der Waals surface area contributed by atoms with Crippen molar-refractivity contribution >= 4 is 11.3 Å². The van der Waals surface area contributed by atoms with Gasteiger partial charge in [0, 0.05) is 22.4 Å². The fourth-order valence-electron chi connectivity index (χ4n) is 1.72. The molecule has 2 nitrogen and oxygen atoms in total. The van der Waals surface area contributed by atoms with Gasteiger partial charge in [-0.25, -0.2) is 8.78 Å². The number of ether oxygens (including phenoxy) is 1. The number of halogens is 2. The molecule has 1 N–H and O–H groups in total. The fourth-order valence-corrected chi connectivity index (χ4v) is 2.62. The molecule has 0 bridgehead atoms. The minimum atomic E-state index is -0.548. The van der Waals surface area contributed by atoms with Gasteiger partial charge in [-0.2, -0.15) is 0 Å². The van der Waals surface area contributed by atoms with Crippen molar-refractivity contribution in [1.82, 2.24) is 5.32 Å². The summed E-state index contributed by atoms with van der Waals surface area (Å²) in [5.41, 5.74) is 0. The Balaban J connectivity index is 1.89. The zero-order valence-corrected chi connectivity index (χ0v) is 12.1. The number of hydrogen-bond donors (Lipinski definition) is 1. The summed E-state index contributed by atoms with van der Waals surface area (Å²) in [7, 11) is 0. The first-order valence-electron chi connectivity index (χ1n) is 6.55. The Morgan fingerprint density at radius 2 is 1.95 bits per heavy atom. The maximum Gasteiger partial charge on any atom is 0.165 e. The van der Waals surface area contributed by atoms with E-state index in [1.807, 2.05) is 12.1 Å². The van der Waals surface area contributed by atoms with Gasteiger partial charge in [0.2, 0.25) is 0 Å². The highest BCUT2D eigenvalue weighted by Crippen LogP contribution is 2.22. The summed E-state index contributed by atoms with van der Waals surface area (Å²) < 4.78 is 31.7. The van der Waals surface area contributed by atoms with E-state index < -0.39 is 11.6 Å². The van der Waals surface area contributed by atoms with Crippen LogP contribution in [0.2, 0.25) is 0 Å². The Hall–Kier alpha value is -1.46. The highest BCUT2D eigenvalue weighted by Gasteiger charge is 2.06. The van der Waals surface area contributed by atoms with Crippen LogP contribution in [0.15, 0.2) is 30.3 Å². The highest BCUT2D eigenvalue weighted by atomic mass is 32.1. The van der Waals surface area contributed by atoms with Crippen LogP contribution in [0.4, 0.5) is 8.78 Å². The number of nitrogens with one attached hydrogen (secondary N) is 1. The molecule has 2 rings (SSSR count). The lowest BCUT2D eigenvalue weighted by atomic mass is 10.3. The van der Waals surface area contributed by atoms with Crippen LogP contribution in [0.1, 0.15) is 23.1 Å². The molecule has 0 atom stereocenters. The Bertz CT molecular complexity index is 557. The molecule has 1 aromatic carbocycles. The van der Waals surface area contributed by atoms with Crippen LogP contribution in [0.3, 0.4) is 0 Å². The molecule has 0 saturated heterocycles. The summed E-state index contributed by atoms with van der Waals surface area (Å²) in [5.74, 6) is -1.10. The number of benzene rings is 1. The average Bonchev–Trinajstić information content (AvgIpc) is 2.88. The van der Waals surface area contributed by atoms with Crippen LogP contribution in [-0.4, -0.2) is 6.54 Å². The number of rotatable bonds is 7. The molecule has 0 aliphatic carbocycles. The number of hydrogen-bond acceptors (Lipinski definition) is 3. The minimum absolute atomic E-state index is 0.0518. The van der Waals surface area contributed by atoms with E-state index in [1.165, 1.54) is 4.88 Å². The van der Waals surface area contributed by atoms with Gasteiger partial charge in [-0.05, 0) is 37.2 Å². The van der Waals surface area contributed by atoms with E-state index in [1.54, 1.807) is 11.3 Å². The third kappa shape index (κ3) is 4.28. The molecular weight excluding hydrogens is 280 g/mol. The molecule has 2 aromatic rings. The van der Waals surface area contributed by atoms with Gasteiger partial charge in [0.1, 0.15) is 12.4 Å². The van der Waals surface area contributed by atoms with Crippen LogP contribution in [0.25, 0.3) is 0 Å². The van der Waals surface area contributed by atoms with Crippen molar-refractivity contribution in [3.05, 3.63) is 51.7 Å². The predicted molar refractivity (Wildman–Crippen MR) is 77.0 cm³/mol. The Labute approximate surface area is 121 Å². The monoisotopic (exact) mass is 297 g/mol. The molecule has 0 amide bonds. The first-order valence-corrected chi connectivity index (χ1v) is 7.37. The molecule has 0 aliphatic heterocycles. The van der Waals surface area contributed by atoms with Crippen LogP contribution < -0.4 is 10.1 Å². The smallest absolute Gasteiger partial charge is 0.165 e. The van der Waals surface area contributed by atoms with Gasteiger partial charge in [-0.1, -0.05) is 6.92 Å². The first kappa shape index (κ1) is 14.9. The molecule has 0 spiro atoms. The van der Waals surface area contributed by atoms with Crippen molar-refractivity contribution < 1.29 is 13.5 Å². The molecule has 1 aromatic heterocycles. The van der Waals surface area contributed by atoms with Crippen molar-refractivity contribution in [3.8, 4) is 5.75 Å². The SMILES string of the molecule is CCCNCc1ccc(COc2cc(F)ccc2F)s1. The standard InChI is InChI=1S/C15H17F2NOS/c1-2-7-18-9-12-4-5-13(20-12)10-19-15-8-11(16)3-6-14(15)17/h3-6,8,18H,2,7,9-10H2,1H3. The predicted octanol–water partition coefficient (Wildman–Crippen LogP) is 4.10. The van der Waals surface area contributed by atoms with Crippen LogP contribution in [0.5, 0.6) is 5.75 Å². The third-order valence-corrected chi connectivity index (χ3v) is 3.77. The molecule has 20 heavy (non-hydrogen) atoms. The lowest BCUT2D eigenvalue weighted by Crippen LogP contribution is -2.12. The van der Waals surface area contributed by atoms with Gasteiger partial charge in [-0.3, -0.25) is 0 Å². The van der Waals surface area contributed by atoms with Crippen LogP contribution in [-0.2, 0) is 13.2 Å². The minimum Gasteiger partial charge on any atom is -0.485 e. The first-order chi connectivity index (χ1) is 9.69. The summed E-state index contributed by atoms with van der Waals surface area (Å²) in [6.07, 6.45) is 1.10. The van der Waals surface area contributed by atoms with Crippen molar-refractivity contribution in [2.45, 2.75) is 26.5 Å². The summed E-state index contributed by atoms with van der Waals surface area (Å²) in [5, 5.41) is 3.32. The fraction of sp³-hybridized carbons (Fsp3) is 0.333. The molecule has 108 valence electrons. The summed E-state index contributed by atoms with van der Waals surface area (Å²) in [4.78, 5) is 2.19. The highest BCUT2D eigenvalue weighted by molar-refractivity contribution is 7.11. The second-order valence-corrected chi connectivity index (χ2v) is 5.66. The zero-order chi connectivity index (χ0) is 14.4. The van der Waals surface area contributed by atoms with Gasteiger partial charge < -0.3 is 10.1 Å². The molecule has 1 heterocycles. The van der Waals surface area contributed by atoms with Crippen LogP contribution >= 0.6 is 11.3 Å². The van der Waals surface area contributed by atoms with E-state index in [-0.39, 0.29) is 12.4 Å². The molecule has 0 radical (unpaired) electrons. The molecule has 0 saturated carbocycles. The Morgan fingerprint density at radius 3 is 2.75 bits per heavy atom. The van der Waals surface area contributed by atoms with E-state index in [4.69, 9.17) is 4.74 Å². The van der Waals surface area contributed by atoms with Gasteiger partial charge in [0.05, 0.1) is 0 Å². The normalized spacial score (nSPS) is 10.8. The van der Waals surface area contributed by atoms with Gasteiger partial charge in [0.25, 0.3) is 0 Å². The molecule has 5 heteroatoms. The second-order valence-electron chi connectivity index (χ2n) is 4.41. The summed E-state index contributed by atoms with van der Waals surface area (Å²) >= 11 is 1.61. The largest absolute Gasteiger partial charge is 0.485 e. The zero-order valence-electron chi connectivity index (χ0n) is 11.3. The van der Waals surface area contributed by atoms with E-state index in [0.29, 0.717) is 0 Å². The Kier molecular flexibility index (Phi) is 5.49. The lowest BCUT2D eigenvalue weighted by molar-refractivity contribution is 0.291. The quantitative estimate of drug-likeness (QED) is 0.777. The maximum absolute atomic E-state index is 13.4. The third-order valence-electron chi connectivity index (χ3n) is 2.71. The average molecular weight is 297 g/mol. The lowest BCUT2D eigenvalue weighted by Gasteiger charge is -2.05. The van der Waals surface area contributed by atoms with Gasteiger partial charge in [0.15, 0.2) is 11.6 Å². The maximum atomic E-state index is 13.4.